The monoisotopic (exact) mass is 242 g/mol. The molecular weight excluding hydrogens is 225 g/mol. The van der Waals surface area contributed by atoms with Gasteiger partial charge in [-0.1, -0.05) is 6.92 Å². The Kier molecular flexibility index (Phi) is 5.21. The van der Waals surface area contributed by atoms with Crippen molar-refractivity contribution in [2.24, 2.45) is 0 Å². The minimum atomic E-state index is -4.32. The average molecular weight is 242 g/mol. The summed E-state index contributed by atoms with van der Waals surface area (Å²) in [5, 5.41) is 11.6. The zero-order valence-electron chi connectivity index (χ0n) is 9.56. The zero-order valence-corrected chi connectivity index (χ0v) is 9.56. The van der Waals surface area contributed by atoms with E-state index in [-0.39, 0.29) is 6.54 Å². The molecule has 0 aromatic heterocycles. The fourth-order valence-corrected chi connectivity index (χ4v) is 1.49. The van der Waals surface area contributed by atoms with Crippen molar-refractivity contribution in [3.63, 3.8) is 0 Å². The molecule has 0 saturated heterocycles. The molecule has 0 aromatic carbocycles. The Morgan fingerprint density at radius 1 is 1.38 bits per heavy atom. The molecule has 0 rings (SSSR count). The van der Waals surface area contributed by atoms with Crippen LogP contribution in [0.4, 0.5) is 13.2 Å². The Labute approximate surface area is 92.4 Å². The summed E-state index contributed by atoms with van der Waals surface area (Å²) in [6.07, 6.45) is -4.32. The maximum absolute atomic E-state index is 12.1. The predicted molar refractivity (Wildman–Crippen MR) is 53.3 cm³/mol. The second kappa shape index (κ2) is 5.49. The van der Waals surface area contributed by atoms with E-state index in [4.69, 9.17) is 5.11 Å². The number of halogens is 3. The zero-order chi connectivity index (χ0) is 13.0. The molecule has 0 aliphatic carbocycles. The second-order valence-corrected chi connectivity index (χ2v) is 3.96. The third kappa shape index (κ3) is 5.32. The number of carboxylic acids is 1. The minimum absolute atomic E-state index is 0.213. The maximum atomic E-state index is 12.1. The van der Waals surface area contributed by atoms with Gasteiger partial charge in [-0.25, -0.2) is 0 Å². The van der Waals surface area contributed by atoms with Crippen molar-refractivity contribution in [1.29, 1.82) is 0 Å². The molecule has 0 saturated carbocycles. The summed E-state index contributed by atoms with van der Waals surface area (Å²) in [6.45, 7) is 2.11. The molecule has 0 radical (unpaired) electrons. The standard InChI is InChI=1S/C9H17F3N2O2/c1-4-13-8(2,7(15)16)5-14(3)6-9(10,11)12/h13H,4-6H2,1-3H3,(H,15,16). The number of rotatable bonds is 6. The van der Waals surface area contributed by atoms with Crippen molar-refractivity contribution in [3.05, 3.63) is 0 Å². The summed E-state index contributed by atoms with van der Waals surface area (Å²) in [5.74, 6) is -1.16. The van der Waals surface area contributed by atoms with E-state index in [2.05, 4.69) is 5.32 Å². The van der Waals surface area contributed by atoms with Gasteiger partial charge in [0.1, 0.15) is 5.54 Å². The molecule has 1 atom stereocenters. The fourth-order valence-electron chi connectivity index (χ4n) is 1.49. The van der Waals surface area contributed by atoms with Gasteiger partial charge in [0.2, 0.25) is 0 Å². The largest absolute Gasteiger partial charge is 0.480 e. The number of alkyl halides is 3. The normalized spacial score (nSPS) is 16.2. The van der Waals surface area contributed by atoms with E-state index in [1.807, 2.05) is 0 Å². The van der Waals surface area contributed by atoms with Gasteiger partial charge in [-0.2, -0.15) is 13.2 Å². The van der Waals surface area contributed by atoms with Crippen LogP contribution < -0.4 is 5.32 Å². The quantitative estimate of drug-likeness (QED) is 0.727. The number of carbonyl (C=O) groups is 1. The van der Waals surface area contributed by atoms with Crippen molar-refractivity contribution in [2.45, 2.75) is 25.6 Å². The number of aliphatic carboxylic acids is 1. The second-order valence-electron chi connectivity index (χ2n) is 3.96. The Hall–Kier alpha value is -0.820. The SMILES string of the molecule is CCNC(C)(CN(C)CC(F)(F)F)C(=O)O. The van der Waals surface area contributed by atoms with Gasteiger partial charge in [-0.05, 0) is 20.5 Å². The van der Waals surface area contributed by atoms with Crippen molar-refractivity contribution in [2.75, 3.05) is 26.7 Å². The molecule has 0 aliphatic heterocycles. The average Bonchev–Trinajstić information content (AvgIpc) is 1.99. The van der Waals surface area contributed by atoms with Gasteiger partial charge in [0.15, 0.2) is 0 Å². The number of hydrogen-bond donors (Lipinski definition) is 2. The molecule has 0 fully saturated rings. The van der Waals surface area contributed by atoms with E-state index in [0.717, 1.165) is 4.90 Å². The first-order valence-electron chi connectivity index (χ1n) is 4.84. The van der Waals surface area contributed by atoms with Crippen molar-refractivity contribution < 1.29 is 23.1 Å². The van der Waals surface area contributed by atoms with Crippen LogP contribution in [0.1, 0.15) is 13.8 Å². The van der Waals surface area contributed by atoms with Crippen LogP contribution in [0.25, 0.3) is 0 Å². The highest BCUT2D eigenvalue weighted by molar-refractivity contribution is 5.78. The molecule has 96 valence electrons. The fraction of sp³-hybridized carbons (Fsp3) is 0.889. The van der Waals surface area contributed by atoms with E-state index in [9.17, 15) is 18.0 Å². The third-order valence-corrected chi connectivity index (χ3v) is 2.07. The summed E-state index contributed by atoms with van der Waals surface area (Å²) >= 11 is 0. The van der Waals surface area contributed by atoms with Crippen molar-refractivity contribution >= 4 is 5.97 Å². The first-order chi connectivity index (χ1) is 7.10. The smallest absolute Gasteiger partial charge is 0.401 e. The number of nitrogens with zero attached hydrogens (tertiary/aromatic N) is 1. The van der Waals surface area contributed by atoms with Gasteiger partial charge in [0.25, 0.3) is 0 Å². The van der Waals surface area contributed by atoms with Gasteiger partial charge in [-0.3, -0.25) is 9.69 Å². The molecule has 0 amide bonds. The minimum Gasteiger partial charge on any atom is -0.480 e. The Balaban J connectivity index is 4.47. The van der Waals surface area contributed by atoms with Gasteiger partial charge >= 0.3 is 12.1 Å². The number of hydrogen-bond acceptors (Lipinski definition) is 3. The third-order valence-electron chi connectivity index (χ3n) is 2.07. The van der Waals surface area contributed by atoms with E-state index < -0.39 is 24.2 Å². The summed E-state index contributed by atoms with van der Waals surface area (Å²) in [4.78, 5) is 11.9. The molecule has 1 unspecified atom stereocenters. The summed E-state index contributed by atoms with van der Waals surface area (Å²) in [5.41, 5.74) is -1.37. The first-order valence-corrected chi connectivity index (χ1v) is 4.84. The van der Waals surface area contributed by atoms with Crippen LogP contribution in [0.5, 0.6) is 0 Å². The van der Waals surface area contributed by atoms with Crippen LogP contribution >= 0.6 is 0 Å². The van der Waals surface area contributed by atoms with E-state index >= 15 is 0 Å². The molecule has 0 aliphatic rings. The molecule has 0 heterocycles. The molecular formula is C9H17F3N2O2. The Morgan fingerprint density at radius 3 is 2.19 bits per heavy atom. The van der Waals surface area contributed by atoms with E-state index in [1.54, 1.807) is 6.92 Å². The number of carboxylic acid groups (broad SMARTS) is 1. The topological polar surface area (TPSA) is 52.6 Å². The highest BCUT2D eigenvalue weighted by Crippen LogP contribution is 2.17. The van der Waals surface area contributed by atoms with Crippen molar-refractivity contribution in [1.82, 2.24) is 10.2 Å². The maximum Gasteiger partial charge on any atom is 0.401 e. The first kappa shape index (κ1) is 15.2. The van der Waals surface area contributed by atoms with Crippen LogP contribution in [0.15, 0.2) is 0 Å². The summed E-state index contributed by atoms with van der Waals surface area (Å²) in [6, 6.07) is 0. The van der Waals surface area contributed by atoms with Gasteiger partial charge < -0.3 is 10.4 Å². The lowest BCUT2D eigenvalue weighted by molar-refractivity contribution is -0.153. The Morgan fingerprint density at radius 2 is 1.88 bits per heavy atom. The van der Waals surface area contributed by atoms with Gasteiger partial charge in [-0.15, -0.1) is 0 Å². The number of likely N-dealkylation sites (N-methyl/N-ethyl adjacent to an activating group) is 2. The molecule has 2 N–H and O–H groups in total. The number of nitrogens with one attached hydrogen (secondary N) is 1. The van der Waals surface area contributed by atoms with Crippen LogP contribution in [0.2, 0.25) is 0 Å². The van der Waals surface area contributed by atoms with E-state index in [1.165, 1.54) is 14.0 Å². The molecule has 0 aromatic rings. The lowest BCUT2D eigenvalue weighted by Crippen LogP contribution is -2.57. The summed E-state index contributed by atoms with van der Waals surface area (Å²) in [7, 11) is 1.24. The molecule has 0 bridgehead atoms. The highest BCUT2D eigenvalue weighted by Gasteiger charge is 2.37. The lowest BCUT2D eigenvalue weighted by atomic mass is 10.0. The van der Waals surface area contributed by atoms with Crippen LogP contribution in [-0.2, 0) is 4.79 Å². The van der Waals surface area contributed by atoms with E-state index in [0.29, 0.717) is 6.54 Å². The lowest BCUT2D eigenvalue weighted by Gasteiger charge is -2.31. The predicted octanol–water partition coefficient (Wildman–Crippen LogP) is 0.933. The van der Waals surface area contributed by atoms with Crippen molar-refractivity contribution in [3.8, 4) is 0 Å². The van der Waals surface area contributed by atoms with Crippen LogP contribution in [0.3, 0.4) is 0 Å². The summed E-state index contributed by atoms with van der Waals surface area (Å²) < 4.78 is 36.2. The highest BCUT2D eigenvalue weighted by atomic mass is 19.4. The molecule has 7 heteroatoms. The Bertz CT molecular complexity index is 245. The molecule has 0 spiro atoms. The van der Waals surface area contributed by atoms with Gasteiger partial charge in [0, 0.05) is 6.54 Å². The molecule has 16 heavy (non-hydrogen) atoms. The van der Waals surface area contributed by atoms with Crippen LogP contribution in [-0.4, -0.2) is 54.4 Å². The van der Waals surface area contributed by atoms with Crippen LogP contribution in [0, 0.1) is 0 Å². The molecule has 4 nitrogen and oxygen atoms in total. The van der Waals surface area contributed by atoms with Gasteiger partial charge in [0.05, 0.1) is 6.54 Å².